The lowest BCUT2D eigenvalue weighted by Crippen LogP contribution is -2.49. The maximum absolute atomic E-state index is 13.6. The highest BCUT2D eigenvalue weighted by atomic mass is 16.6. The Morgan fingerprint density at radius 2 is 1.08 bits per heavy atom. The number of benzene rings is 3. The molecule has 0 fully saturated rings. The van der Waals surface area contributed by atoms with Gasteiger partial charge >= 0.3 is 17.9 Å². The zero-order valence-electron chi connectivity index (χ0n) is 28.0. The van der Waals surface area contributed by atoms with Crippen LogP contribution in [0, 0.1) is 5.41 Å². The average molecular weight is 677 g/mol. The fourth-order valence-electron chi connectivity index (χ4n) is 6.05. The topological polar surface area (TPSA) is 155 Å². The Hall–Kier alpha value is -5.84. The van der Waals surface area contributed by atoms with Crippen LogP contribution in [-0.4, -0.2) is 64.6 Å². The number of hydrogen-bond donors (Lipinski definition) is 4. The van der Waals surface area contributed by atoms with Gasteiger partial charge in [-0.3, -0.25) is 19.2 Å². The zero-order chi connectivity index (χ0) is 35.1. The molecule has 0 unspecified atom stereocenters. The van der Waals surface area contributed by atoms with Crippen LogP contribution in [0.2, 0.25) is 0 Å². The number of amides is 1. The molecule has 1 amide bonds. The van der Waals surface area contributed by atoms with Gasteiger partial charge in [-0.1, -0.05) is 68.4 Å². The normalized spacial score (nSPS) is 12.2. The molecule has 0 saturated heterocycles. The number of carbonyl (C=O) groups is 4. The second-order valence-corrected chi connectivity index (χ2v) is 13.0. The van der Waals surface area contributed by atoms with Crippen molar-refractivity contribution in [2.24, 2.45) is 5.41 Å². The quantitative estimate of drug-likeness (QED) is 0.0619. The van der Waals surface area contributed by atoms with Gasteiger partial charge in [0.05, 0.1) is 25.9 Å². The van der Waals surface area contributed by atoms with Gasteiger partial charge in [0, 0.05) is 63.3 Å². The zero-order valence-corrected chi connectivity index (χ0v) is 28.0. The van der Waals surface area contributed by atoms with E-state index in [9.17, 15) is 19.2 Å². The Labute approximate surface area is 288 Å². The van der Waals surface area contributed by atoms with Gasteiger partial charge in [-0.25, -0.2) is 0 Å². The van der Waals surface area contributed by atoms with E-state index in [-0.39, 0.29) is 45.0 Å². The Morgan fingerprint density at radius 3 is 1.58 bits per heavy atom. The van der Waals surface area contributed by atoms with Crippen LogP contribution in [0.5, 0.6) is 0 Å². The van der Waals surface area contributed by atoms with Gasteiger partial charge in [0.2, 0.25) is 0 Å². The van der Waals surface area contributed by atoms with Crippen molar-refractivity contribution < 1.29 is 33.4 Å². The van der Waals surface area contributed by atoms with Gasteiger partial charge in [-0.2, -0.15) is 0 Å². The number of para-hydroxylation sites is 3. The molecule has 4 N–H and O–H groups in total. The number of fused-ring (bicyclic) bond motifs is 3. The van der Waals surface area contributed by atoms with Gasteiger partial charge in [0.15, 0.2) is 6.10 Å². The average Bonchev–Trinajstić information content (AvgIpc) is 3.83. The summed E-state index contributed by atoms with van der Waals surface area (Å²) in [5, 5.41) is 5.58. The predicted molar refractivity (Wildman–Crippen MR) is 189 cm³/mol. The minimum Gasteiger partial charge on any atom is -0.465 e. The van der Waals surface area contributed by atoms with Crippen molar-refractivity contribution in [2.45, 2.75) is 45.6 Å². The molecule has 3 aromatic carbocycles. The van der Waals surface area contributed by atoms with Crippen LogP contribution in [0.1, 0.15) is 37.0 Å². The number of nitrogens with one attached hydrogen (secondary N) is 4. The first-order valence-corrected chi connectivity index (χ1v) is 16.6. The molecule has 1 atom stereocenters. The monoisotopic (exact) mass is 676 g/mol. The van der Waals surface area contributed by atoms with Crippen molar-refractivity contribution in [3.05, 3.63) is 108 Å². The minimum atomic E-state index is -1.27. The van der Waals surface area contributed by atoms with E-state index in [0.717, 1.165) is 49.4 Å². The van der Waals surface area contributed by atoms with Crippen LogP contribution in [0.3, 0.4) is 0 Å². The molecular weight excluding hydrogens is 636 g/mol. The lowest BCUT2D eigenvalue weighted by molar-refractivity contribution is -0.168. The van der Waals surface area contributed by atoms with Gasteiger partial charge in [-0.15, -0.1) is 0 Å². The SMILES string of the molecule is CC(C)(COC(=O)Cc1c[nH]c2ccccc12)[C@@H](OC(=O)Cc1c[nH]c2ccccc12)C(=O)NCCCOC(=O)Cc1c[nH]c2ccccc12. The fraction of sp³-hybridized carbons (Fsp3) is 0.282. The van der Waals surface area contributed by atoms with Crippen molar-refractivity contribution in [2.75, 3.05) is 19.8 Å². The maximum Gasteiger partial charge on any atom is 0.311 e. The first kappa shape index (κ1) is 34.0. The Balaban J connectivity index is 1.05. The van der Waals surface area contributed by atoms with E-state index >= 15 is 0 Å². The molecule has 0 saturated carbocycles. The van der Waals surface area contributed by atoms with E-state index in [1.807, 2.05) is 72.8 Å². The standard InChI is InChI=1S/C39H40N4O7/c1-39(2,24-49-35(45)19-26-22-42-32-14-7-4-11-29(26)32)37(50-36(46)20-27-23-43-33-15-8-5-12-30(27)33)38(47)40-16-9-17-48-34(44)18-25-21-41-31-13-6-3-10-28(25)31/h3-8,10-15,21-23,37,41-43H,9,16-20,24H2,1-2H3,(H,40,47)/t37-/m0/s1. The third-order valence-corrected chi connectivity index (χ3v) is 8.71. The van der Waals surface area contributed by atoms with Crippen molar-refractivity contribution in [1.29, 1.82) is 0 Å². The lowest BCUT2D eigenvalue weighted by Gasteiger charge is -2.32. The molecule has 0 radical (unpaired) electrons. The Bertz CT molecular complexity index is 2140. The predicted octanol–water partition coefficient (Wildman–Crippen LogP) is 5.69. The van der Waals surface area contributed by atoms with Gasteiger partial charge in [0.1, 0.15) is 6.61 Å². The fourth-order valence-corrected chi connectivity index (χ4v) is 6.05. The summed E-state index contributed by atoms with van der Waals surface area (Å²) in [6, 6.07) is 23.0. The molecule has 258 valence electrons. The number of ether oxygens (including phenoxy) is 3. The van der Waals surface area contributed by atoms with Crippen LogP contribution >= 0.6 is 0 Å². The molecule has 0 aliphatic carbocycles. The number of esters is 3. The van der Waals surface area contributed by atoms with Crippen LogP contribution in [-0.2, 0) is 52.7 Å². The summed E-state index contributed by atoms with van der Waals surface area (Å²) in [4.78, 5) is 61.7. The van der Waals surface area contributed by atoms with E-state index in [2.05, 4.69) is 20.3 Å². The first-order valence-electron chi connectivity index (χ1n) is 16.6. The Kier molecular flexibility index (Phi) is 10.3. The summed E-state index contributed by atoms with van der Waals surface area (Å²) in [6.07, 6.45) is 4.50. The molecule has 0 spiro atoms. The maximum atomic E-state index is 13.6. The smallest absolute Gasteiger partial charge is 0.311 e. The molecule has 3 heterocycles. The van der Waals surface area contributed by atoms with Crippen molar-refractivity contribution in [1.82, 2.24) is 20.3 Å². The Morgan fingerprint density at radius 1 is 0.640 bits per heavy atom. The van der Waals surface area contributed by atoms with Crippen molar-refractivity contribution >= 4 is 56.5 Å². The van der Waals surface area contributed by atoms with E-state index in [1.54, 1.807) is 32.4 Å². The molecule has 0 bridgehead atoms. The molecule has 0 aliphatic heterocycles. The number of rotatable bonds is 15. The van der Waals surface area contributed by atoms with Crippen LogP contribution in [0.15, 0.2) is 91.4 Å². The summed E-state index contributed by atoms with van der Waals surface area (Å²) in [5.74, 6) is -1.98. The highest BCUT2D eigenvalue weighted by Crippen LogP contribution is 2.27. The summed E-state index contributed by atoms with van der Waals surface area (Å²) >= 11 is 0. The van der Waals surface area contributed by atoms with E-state index in [4.69, 9.17) is 14.2 Å². The van der Waals surface area contributed by atoms with Crippen LogP contribution in [0.25, 0.3) is 32.7 Å². The third kappa shape index (κ3) is 8.06. The molecule has 3 aromatic heterocycles. The van der Waals surface area contributed by atoms with E-state index in [1.165, 1.54) is 0 Å². The van der Waals surface area contributed by atoms with Crippen molar-refractivity contribution in [3.63, 3.8) is 0 Å². The highest BCUT2D eigenvalue weighted by Gasteiger charge is 2.40. The molecule has 0 aliphatic rings. The molecule has 6 rings (SSSR count). The summed E-state index contributed by atoms with van der Waals surface area (Å²) in [5.41, 5.74) is 4.05. The second-order valence-electron chi connectivity index (χ2n) is 13.0. The largest absolute Gasteiger partial charge is 0.465 e. The summed E-state index contributed by atoms with van der Waals surface area (Å²) < 4.78 is 16.9. The van der Waals surface area contributed by atoms with E-state index in [0.29, 0.717) is 6.42 Å². The molecule has 11 heteroatoms. The molecule has 50 heavy (non-hydrogen) atoms. The first-order chi connectivity index (χ1) is 24.2. The van der Waals surface area contributed by atoms with Crippen LogP contribution in [0.4, 0.5) is 0 Å². The van der Waals surface area contributed by atoms with Gasteiger partial charge in [-0.05, 0) is 41.3 Å². The van der Waals surface area contributed by atoms with E-state index < -0.39 is 29.4 Å². The number of hydrogen-bond acceptors (Lipinski definition) is 7. The lowest BCUT2D eigenvalue weighted by atomic mass is 9.86. The van der Waals surface area contributed by atoms with Gasteiger partial charge < -0.3 is 34.5 Å². The summed E-state index contributed by atoms with van der Waals surface area (Å²) in [6.45, 7) is 3.52. The third-order valence-electron chi connectivity index (χ3n) is 8.71. The molecule has 6 aromatic rings. The number of H-pyrrole nitrogens is 3. The molecular formula is C39H40N4O7. The number of aromatic nitrogens is 3. The van der Waals surface area contributed by atoms with Gasteiger partial charge in [0.25, 0.3) is 5.91 Å². The highest BCUT2D eigenvalue weighted by molar-refractivity contribution is 5.90. The molecule has 11 nitrogen and oxygen atoms in total. The number of carbonyl (C=O) groups excluding carboxylic acids is 4. The number of aromatic amines is 3. The second kappa shape index (κ2) is 15.1. The minimum absolute atomic E-state index is 0.0380. The van der Waals surface area contributed by atoms with Crippen molar-refractivity contribution in [3.8, 4) is 0 Å². The van der Waals surface area contributed by atoms with Crippen LogP contribution < -0.4 is 5.32 Å². The summed E-state index contributed by atoms with van der Waals surface area (Å²) in [7, 11) is 0.